The topological polar surface area (TPSA) is 76.8 Å². The van der Waals surface area contributed by atoms with Gasteiger partial charge in [-0.3, -0.25) is 14.5 Å². The molecule has 0 aliphatic rings. The number of carbonyl (C=O) groups is 1. The average Bonchev–Trinajstić information content (AvgIpc) is 2.86. The molecule has 0 N–H and O–H groups in total. The molecule has 0 unspecified atom stereocenters. The molecular formula is C11H14N4O3S. The normalized spacial score (nSPS) is 11.1. The third kappa shape index (κ3) is 3.15. The minimum atomic E-state index is -0.308. The fourth-order valence-corrected chi connectivity index (χ4v) is 2.28. The number of fused-ring (bicyclic) bond motifs is 1. The van der Waals surface area contributed by atoms with Gasteiger partial charge in [-0.2, -0.15) is 9.61 Å². The minimum absolute atomic E-state index is 0.177. The fraction of sp³-hybridized carbons (Fsp3) is 0.455. The number of nitrogens with zero attached hydrogens (tertiary/aromatic N) is 4. The SMILES string of the molecule is CCN(CC(=O)OC)Cc1cc(=O)n2ncsc2n1. The van der Waals surface area contributed by atoms with E-state index >= 15 is 0 Å². The quantitative estimate of drug-likeness (QED) is 0.726. The van der Waals surface area contributed by atoms with Crippen LogP contribution >= 0.6 is 11.3 Å². The second kappa shape index (κ2) is 5.89. The van der Waals surface area contributed by atoms with Crippen LogP contribution in [0.15, 0.2) is 16.4 Å². The third-order valence-electron chi connectivity index (χ3n) is 2.65. The lowest BCUT2D eigenvalue weighted by Crippen LogP contribution is -2.31. The predicted octanol–water partition coefficient (Wildman–Crippen LogP) is 0.146. The molecule has 2 aromatic rings. The second-order valence-electron chi connectivity index (χ2n) is 3.90. The summed E-state index contributed by atoms with van der Waals surface area (Å²) < 4.78 is 5.88. The summed E-state index contributed by atoms with van der Waals surface area (Å²) in [4.78, 5) is 29.8. The zero-order valence-corrected chi connectivity index (χ0v) is 11.5. The van der Waals surface area contributed by atoms with E-state index in [2.05, 4.69) is 14.8 Å². The zero-order valence-electron chi connectivity index (χ0n) is 10.7. The molecule has 102 valence electrons. The van der Waals surface area contributed by atoms with E-state index in [1.807, 2.05) is 11.8 Å². The largest absolute Gasteiger partial charge is 0.468 e. The number of carbonyl (C=O) groups excluding carboxylic acids is 1. The number of methoxy groups -OCH3 is 1. The smallest absolute Gasteiger partial charge is 0.319 e. The Balaban J connectivity index is 2.19. The fourth-order valence-electron chi connectivity index (χ4n) is 1.64. The van der Waals surface area contributed by atoms with Gasteiger partial charge in [-0.05, 0) is 6.54 Å². The first-order chi connectivity index (χ1) is 9.13. The van der Waals surface area contributed by atoms with Gasteiger partial charge in [-0.15, -0.1) is 0 Å². The molecule has 0 fully saturated rings. The van der Waals surface area contributed by atoms with Crippen molar-refractivity contribution in [3.05, 3.63) is 27.6 Å². The highest BCUT2D eigenvalue weighted by Crippen LogP contribution is 2.06. The first-order valence-corrected chi connectivity index (χ1v) is 6.63. The molecule has 0 aliphatic heterocycles. The predicted molar refractivity (Wildman–Crippen MR) is 70.1 cm³/mol. The Hall–Kier alpha value is -1.80. The zero-order chi connectivity index (χ0) is 13.8. The molecule has 0 aromatic carbocycles. The molecule has 7 nitrogen and oxygen atoms in total. The Kier molecular flexibility index (Phi) is 4.23. The van der Waals surface area contributed by atoms with E-state index in [0.29, 0.717) is 23.7 Å². The van der Waals surface area contributed by atoms with Crippen LogP contribution in [0.1, 0.15) is 12.6 Å². The lowest BCUT2D eigenvalue weighted by Gasteiger charge is -2.17. The molecular weight excluding hydrogens is 268 g/mol. The third-order valence-corrected chi connectivity index (χ3v) is 3.33. The van der Waals surface area contributed by atoms with E-state index in [1.54, 1.807) is 5.51 Å². The van der Waals surface area contributed by atoms with Crippen LogP contribution in [0.25, 0.3) is 4.96 Å². The molecule has 0 radical (unpaired) electrons. The standard InChI is InChI=1S/C11H14N4O3S/c1-3-14(6-10(17)18-2)5-8-4-9(16)15-11(13-8)19-7-12-15/h4,7H,3,5-6H2,1-2H3. The van der Waals surface area contributed by atoms with Gasteiger partial charge in [0, 0.05) is 12.6 Å². The molecule has 0 saturated heterocycles. The van der Waals surface area contributed by atoms with Gasteiger partial charge in [0.2, 0.25) is 4.96 Å². The van der Waals surface area contributed by atoms with Crippen molar-refractivity contribution in [2.45, 2.75) is 13.5 Å². The first-order valence-electron chi connectivity index (χ1n) is 5.75. The minimum Gasteiger partial charge on any atom is -0.468 e. The summed E-state index contributed by atoms with van der Waals surface area (Å²) in [7, 11) is 1.35. The van der Waals surface area contributed by atoms with Gasteiger partial charge in [-0.1, -0.05) is 18.3 Å². The van der Waals surface area contributed by atoms with E-state index in [1.165, 1.54) is 29.0 Å². The number of likely N-dealkylation sites (N-methyl/N-ethyl adjacent to an activating group) is 1. The van der Waals surface area contributed by atoms with Gasteiger partial charge in [0.05, 0.1) is 19.3 Å². The van der Waals surface area contributed by atoms with Crippen LogP contribution in [-0.2, 0) is 16.1 Å². The Morgan fingerprint density at radius 3 is 3.05 bits per heavy atom. The maximum absolute atomic E-state index is 11.8. The van der Waals surface area contributed by atoms with Crippen LogP contribution in [-0.4, -0.2) is 45.7 Å². The maximum atomic E-state index is 11.8. The molecule has 2 aromatic heterocycles. The highest BCUT2D eigenvalue weighted by molar-refractivity contribution is 7.14. The lowest BCUT2D eigenvalue weighted by molar-refractivity contribution is -0.142. The average molecular weight is 282 g/mol. The van der Waals surface area contributed by atoms with Crippen LogP contribution in [0.3, 0.4) is 0 Å². The number of hydrogen-bond acceptors (Lipinski definition) is 7. The Morgan fingerprint density at radius 1 is 1.58 bits per heavy atom. The highest BCUT2D eigenvalue weighted by Gasteiger charge is 2.12. The van der Waals surface area contributed by atoms with Gasteiger partial charge in [0.15, 0.2) is 0 Å². The maximum Gasteiger partial charge on any atom is 0.319 e. The van der Waals surface area contributed by atoms with Crippen molar-refractivity contribution in [1.29, 1.82) is 0 Å². The molecule has 2 heterocycles. The van der Waals surface area contributed by atoms with E-state index in [-0.39, 0.29) is 18.1 Å². The van der Waals surface area contributed by atoms with Crippen LogP contribution in [0.4, 0.5) is 0 Å². The Morgan fingerprint density at radius 2 is 2.37 bits per heavy atom. The molecule has 0 saturated carbocycles. The summed E-state index contributed by atoms with van der Waals surface area (Å²) in [5.41, 5.74) is 1.98. The molecule has 19 heavy (non-hydrogen) atoms. The molecule has 8 heteroatoms. The molecule has 2 rings (SSSR count). The molecule has 0 spiro atoms. The highest BCUT2D eigenvalue weighted by atomic mass is 32.1. The van der Waals surface area contributed by atoms with Crippen molar-refractivity contribution < 1.29 is 9.53 Å². The van der Waals surface area contributed by atoms with Gasteiger partial charge < -0.3 is 4.74 Å². The molecule has 0 bridgehead atoms. The summed E-state index contributed by atoms with van der Waals surface area (Å²) >= 11 is 1.30. The number of esters is 1. The van der Waals surface area contributed by atoms with Crippen molar-refractivity contribution >= 4 is 22.3 Å². The van der Waals surface area contributed by atoms with Gasteiger partial charge in [-0.25, -0.2) is 4.98 Å². The van der Waals surface area contributed by atoms with Gasteiger partial charge >= 0.3 is 5.97 Å². The van der Waals surface area contributed by atoms with Crippen LogP contribution in [0.2, 0.25) is 0 Å². The Labute approximate surface area is 113 Å². The van der Waals surface area contributed by atoms with E-state index in [9.17, 15) is 9.59 Å². The van der Waals surface area contributed by atoms with Crippen molar-refractivity contribution in [3.63, 3.8) is 0 Å². The summed E-state index contributed by atoms with van der Waals surface area (Å²) in [6.07, 6.45) is 0. The number of aromatic nitrogens is 3. The van der Waals surface area contributed by atoms with Crippen LogP contribution in [0.5, 0.6) is 0 Å². The summed E-state index contributed by atoms with van der Waals surface area (Å²) in [6, 6.07) is 1.44. The number of hydrogen-bond donors (Lipinski definition) is 0. The lowest BCUT2D eigenvalue weighted by atomic mass is 10.3. The molecule has 0 amide bonds. The van der Waals surface area contributed by atoms with E-state index in [4.69, 9.17) is 0 Å². The molecule has 0 atom stereocenters. The van der Waals surface area contributed by atoms with E-state index in [0.717, 1.165) is 0 Å². The van der Waals surface area contributed by atoms with Crippen LogP contribution in [0, 0.1) is 0 Å². The number of rotatable bonds is 5. The Bertz CT molecular complexity index is 636. The summed E-state index contributed by atoms with van der Waals surface area (Å²) in [6.45, 7) is 3.20. The van der Waals surface area contributed by atoms with Gasteiger partial charge in [0.25, 0.3) is 5.56 Å². The number of ether oxygens (including phenoxy) is 1. The van der Waals surface area contributed by atoms with Crippen molar-refractivity contribution in [3.8, 4) is 0 Å². The monoisotopic (exact) mass is 282 g/mol. The van der Waals surface area contributed by atoms with Crippen molar-refractivity contribution in [1.82, 2.24) is 19.5 Å². The van der Waals surface area contributed by atoms with Crippen LogP contribution < -0.4 is 5.56 Å². The molecule has 0 aliphatic carbocycles. The van der Waals surface area contributed by atoms with Gasteiger partial charge in [0.1, 0.15) is 5.51 Å². The summed E-state index contributed by atoms with van der Waals surface area (Å²) in [5.74, 6) is -0.308. The first kappa shape index (κ1) is 13.6. The van der Waals surface area contributed by atoms with Crippen molar-refractivity contribution in [2.24, 2.45) is 0 Å². The van der Waals surface area contributed by atoms with E-state index < -0.39 is 0 Å². The second-order valence-corrected chi connectivity index (χ2v) is 4.71. The summed E-state index contributed by atoms with van der Waals surface area (Å²) in [5, 5.41) is 3.89. The van der Waals surface area contributed by atoms with Crippen molar-refractivity contribution in [2.75, 3.05) is 20.2 Å².